The molecule has 1 aromatic heterocycles. The van der Waals surface area contributed by atoms with E-state index in [1.54, 1.807) is 0 Å². The first-order chi connectivity index (χ1) is 17.4. The third-order valence-electron chi connectivity index (χ3n) is 6.25. The fourth-order valence-electron chi connectivity index (χ4n) is 3.75. The number of anilines is 1. The van der Waals surface area contributed by atoms with Gasteiger partial charge >= 0.3 is 18.0 Å². The molecule has 0 aliphatic heterocycles. The lowest BCUT2D eigenvalue weighted by Gasteiger charge is -2.30. The standard InChI is InChI=1S/C23H18BrClF7N5O/c1-36-17(21(26,22(27,28)29)23(30,31)32)8-15(24)18(36)35-10-13(9-33)12-3-4-16(25)14(7-12)19(38)37(2)20(11-34)5-6-20/h3-4,7-10,33,35H,5-6H2,1-2H3/b13-10+,33-9?. The second kappa shape index (κ2) is 9.92. The van der Waals surface area contributed by atoms with Crippen molar-refractivity contribution in [1.82, 2.24) is 9.47 Å². The fourth-order valence-corrected chi connectivity index (χ4v) is 4.55. The molecule has 15 heteroatoms. The minimum atomic E-state index is -6.30. The molecule has 1 heterocycles. The van der Waals surface area contributed by atoms with E-state index in [9.17, 15) is 40.8 Å². The lowest BCUT2D eigenvalue weighted by molar-refractivity contribution is -0.350. The Morgan fingerprint density at radius 2 is 1.79 bits per heavy atom. The van der Waals surface area contributed by atoms with Crippen molar-refractivity contribution in [1.29, 1.82) is 10.7 Å². The summed E-state index contributed by atoms with van der Waals surface area (Å²) in [5.41, 5.74) is -8.00. The first-order valence-corrected chi connectivity index (χ1v) is 11.8. The number of amides is 1. The number of hydrogen-bond donors (Lipinski definition) is 2. The second-order valence-electron chi connectivity index (χ2n) is 8.53. The molecular weight excluding hydrogens is 611 g/mol. The van der Waals surface area contributed by atoms with E-state index in [2.05, 4.69) is 27.3 Å². The van der Waals surface area contributed by atoms with Crippen molar-refractivity contribution in [2.24, 2.45) is 7.05 Å². The maximum Gasteiger partial charge on any atom is 0.437 e. The summed E-state index contributed by atoms with van der Waals surface area (Å²) >= 11 is 9.02. The highest BCUT2D eigenvalue weighted by Crippen LogP contribution is 2.54. The van der Waals surface area contributed by atoms with Gasteiger partial charge in [0.1, 0.15) is 11.4 Å². The van der Waals surface area contributed by atoms with E-state index in [-0.39, 0.29) is 32.0 Å². The van der Waals surface area contributed by atoms with Crippen molar-refractivity contribution in [3.8, 4) is 6.07 Å². The molecule has 1 fully saturated rings. The Bertz CT molecular complexity index is 1340. The summed E-state index contributed by atoms with van der Waals surface area (Å²) in [5.74, 6) is -0.925. The van der Waals surface area contributed by atoms with E-state index in [4.69, 9.17) is 17.0 Å². The van der Waals surface area contributed by atoms with Crippen molar-refractivity contribution < 1.29 is 35.5 Å². The highest BCUT2D eigenvalue weighted by Gasteiger charge is 2.74. The highest BCUT2D eigenvalue weighted by molar-refractivity contribution is 9.10. The van der Waals surface area contributed by atoms with Gasteiger partial charge in [0.15, 0.2) is 0 Å². The van der Waals surface area contributed by atoms with Crippen LogP contribution in [0.3, 0.4) is 0 Å². The van der Waals surface area contributed by atoms with E-state index in [1.807, 2.05) is 0 Å². The van der Waals surface area contributed by atoms with Crippen LogP contribution in [-0.4, -0.2) is 46.5 Å². The molecule has 0 saturated heterocycles. The van der Waals surface area contributed by atoms with Gasteiger partial charge in [0.05, 0.1) is 26.8 Å². The van der Waals surface area contributed by atoms with Gasteiger partial charge in [-0.2, -0.15) is 31.6 Å². The minimum absolute atomic E-state index is 0.0147. The van der Waals surface area contributed by atoms with Crippen LogP contribution in [0.4, 0.5) is 36.6 Å². The number of carbonyl (C=O) groups excluding carboxylic acids is 1. The Kier molecular flexibility index (Phi) is 7.70. The van der Waals surface area contributed by atoms with Crippen molar-refractivity contribution in [3.63, 3.8) is 0 Å². The Labute approximate surface area is 225 Å². The number of nitrogens with one attached hydrogen (secondary N) is 2. The number of rotatable bonds is 7. The molecular formula is C23H18BrClF7N5O. The number of allylic oxidation sites excluding steroid dienone is 1. The van der Waals surface area contributed by atoms with E-state index in [1.165, 1.54) is 30.1 Å². The van der Waals surface area contributed by atoms with Gasteiger partial charge in [0.25, 0.3) is 5.91 Å². The Morgan fingerprint density at radius 3 is 2.26 bits per heavy atom. The van der Waals surface area contributed by atoms with Crippen LogP contribution < -0.4 is 5.32 Å². The maximum atomic E-state index is 14.6. The van der Waals surface area contributed by atoms with Gasteiger partial charge < -0.3 is 20.2 Å². The highest BCUT2D eigenvalue weighted by atomic mass is 79.9. The number of carbonyl (C=O) groups is 1. The van der Waals surface area contributed by atoms with Crippen LogP contribution in [0.5, 0.6) is 0 Å². The van der Waals surface area contributed by atoms with Crippen LogP contribution in [-0.2, 0) is 12.7 Å². The van der Waals surface area contributed by atoms with E-state index >= 15 is 0 Å². The van der Waals surface area contributed by atoms with Crippen molar-refractivity contribution in [2.45, 2.75) is 36.4 Å². The van der Waals surface area contributed by atoms with Gasteiger partial charge in [-0.05, 0) is 52.5 Å². The van der Waals surface area contributed by atoms with E-state index in [0.717, 1.165) is 19.5 Å². The maximum absolute atomic E-state index is 14.6. The molecule has 1 aliphatic carbocycles. The Hall–Kier alpha value is -3.05. The minimum Gasteiger partial charge on any atom is -0.346 e. The molecule has 0 unspecified atom stereocenters. The summed E-state index contributed by atoms with van der Waals surface area (Å²) in [7, 11) is 2.26. The topological polar surface area (TPSA) is 84.9 Å². The molecule has 0 spiro atoms. The van der Waals surface area contributed by atoms with Crippen LogP contribution in [0.15, 0.2) is 34.9 Å². The molecule has 3 rings (SSSR count). The molecule has 0 atom stereocenters. The lowest BCUT2D eigenvalue weighted by Crippen LogP contribution is -2.51. The van der Waals surface area contributed by atoms with Gasteiger partial charge in [-0.1, -0.05) is 17.7 Å². The number of nitriles is 1. The fraction of sp³-hybridized carbons (Fsp3) is 0.348. The molecule has 2 aromatic rings. The summed E-state index contributed by atoms with van der Waals surface area (Å²) in [5, 5.41) is 19.6. The zero-order valence-corrected chi connectivity index (χ0v) is 21.9. The zero-order valence-electron chi connectivity index (χ0n) is 19.5. The summed E-state index contributed by atoms with van der Waals surface area (Å²) in [6.45, 7) is 0. The Morgan fingerprint density at radius 1 is 1.21 bits per heavy atom. The van der Waals surface area contributed by atoms with Crippen molar-refractivity contribution in [3.05, 3.63) is 56.8 Å². The third-order valence-corrected chi connectivity index (χ3v) is 7.18. The molecule has 1 aliphatic rings. The number of halogens is 9. The van der Waals surface area contributed by atoms with Gasteiger partial charge in [-0.3, -0.25) is 4.79 Å². The molecule has 1 aromatic carbocycles. The molecule has 204 valence electrons. The molecule has 1 amide bonds. The van der Waals surface area contributed by atoms with Gasteiger partial charge in [0, 0.05) is 32.1 Å². The van der Waals surface area contributed by atoms with Gasteiger partial charge in [-0.25, -0.2) is 4.39 Å². The number of aromatic nitrogens is 1. The van der Waals surface area contributed by atoms with Crippen LogP contribution in [0, 0.1) is 16.7 Å². The summed E-state index contributed by atoms with van der Waals surface area (Å²) in [4.78, 5) is 14.2. The number of nitrogens with zero attached hydrogens (tertiary/aromatic N) is 3. The number of benzene rings is 1. The SMILES string of the molecule is CN(C(=O)c1cc(/C(C=N)=C/Nc2c(Br)cc(C(F)(C(F)(F)F)C(F)(F)F)n2C)ccc1Cl)C1(C#N)CC1. The van der Waals surface area contributed by atoms with Crippen LogP contribution >= 0.6 is 27.5 Å². The first-order valence-electron chi connectivity index (χ1n) is 10.6. The third kappa shape index (κ3) is 4.89. The Balaban J connectivity index is 1.99. The second-order valence-corrected chi connectivity index (χ2v) is 9.79. The average molecular weight is 629 g/mol. The largest absolute Gasteiger partial charge is 0.437 e. The van der Waals surface area contributed by atoms with E-state index < -0.39 is 35.2 Å². The van der Waals surface area contributed by atoms with Crippen LogP contribution in [0.2, 0.25) is 5.02 Å². The van der Waals surface area contributed by atoms with E-state index in [0.29, 0.717) is 23.5 Å². The quantitative estimate of drug-likeness (QED) is 0.257. The van der Waals surface area contributed by atoms with Crippen molar-refractivity contribution >= 4 is 51.0 Å². The smallest absolute Gasteiger partial charge is 0.346 e. The average Bonchev–Trinajstić information content (AvgIpc) is 3.58. The number of hydrogen-bond acceptors (Lipinski definition) is 4. The molecule has 0 radical (unpaired) electrons. The summed E-state index contributed by atoms with van der Waals surface area (Å²) in [6.07, 6.45) is -9.71. The molecule has 1 saturated carbocycles. The van der Waals surface area contributed by atoms with Gasteiger partial charge in [0.2, 0.25) is 0 Å². The molecule has 6 nitrogen and oxygen atoms in total. The van der Waals surface area contributed by atoms with Crippen LogP contribution in [0.1, 0.15) is 34.5 Å². The van der Waals surface area contributed by atoms with Crippen molar-refractivity contribution in [2.75, 3.05) is 12.4 Å². The molecule has 2 N–H and O–H groups in total. The predicted octanol–water partition coefficient (Wildman–Crippen LogP) is 6.96. The number of alkyl halides is 7. The lowest BCUT2D eigenvalue weighted by atomic mass is 10.0. The molecule has 0 bridgehead atoms. The monoisotopic (exact) mass is 627 g/mol. The zero-order chi connectivity index (χ0) is 28.8. The van der Waals surface area contributed by atoms with Gasteiger partial charge in [-0.15, -0.1) is 0 Å². The normalized spacial score (nSPS) is 15.6. The predicted molar refractivity (Wildman–Crippen MR) is 130 cm³/mol. The first kappa shape index (κ1) is 29.5. The summed E-state index contributed by atoms with van der Waals surface area (Å²) in [6, 6.07) is 6.57. The molecule has 38 heavy (non-hydrogen) atoms. The van der Waals surface area contributed by atoms with Crippen LogP contribution in [0.25, 0.3) is 5.57 Å². The summed E-state index contributed by atoms with van der Waals surface area (Å²) < 4.78 is 94.1.